The molecule has 1 aromatic carbocycles. The van der Waals surface area contributed by atoms with Gasteiger partial charge in [-0.15, -0.1) is 10.2 Å². The highest BCUT2D eigenvalue weighted by Gasteiger charge is 2.30. The average Bonchev–Trinajstić information content (AvgIpc) is 2.95. The van der Waals surface area contributed by atoms with E-state index >= 15 is 0 Å². The van der Waals surface area contributed by atoms with E-state index in [4.69, 9.17) is 0 Å². The van der Waals surface area contributed by atoms with Gasteiger partial charge in [-0.2, -0.15) is 0 Å². The summed E-state index contributed by atoms with van der Waals surface area (Å²) in [5.74, 6) is 1.93. The second kappa shape index (κ2) is 6.63. The molecule has 2 heterocycles. The summed E-state index contributed by atoms with van der Waals surface area (Å²) in [5.41, 5.74) is 4.16. The zero-order chi connectivity index (χ0) is 20.2. The van der Waals surface area contributed by atoms with Crippen LogP contribution >= 0.6 is 11.8 Å². The monoisotopic (exact) mass is 386 g/mol. The number of hydrogen-bond donors (Lipinski definition) is 0. The van der Waals surface area contributed by atoms with Crippen molar-refractivity contribution >= 4 is 11.8 Å². The lowest BCUT2D eigenvalue weighted by molar-refractivity contribution is 0.115. The predicted octanol–water partition coefficient (Wildman–Crippen LogP) is 5.66. The normalized spacial score (nSPS) is 16.5. The lowest BCUT2D eigenvalue weighted by atomic mass is 9.79. The fourth-order valence-electron chi connectivity index (χ4n) is 3.11. The average molecular weight is 387 g/mol. The third-order valence-corrected chi connectivity index (χ3v) is 6.25. The van der Waals surface area contributed by atoms with Crippen LogP contribution in [-0.2, 0) is 17.5 Å². The van der Waals surface area contributed by atoms with Gasteiger partial charge in [-0.25, -0.2) is 0 Å². The minimum atomic E-state index is 0.0902. The first-order chi connectivity index (χ1) is 12.3. The van der Waals surface area contributed by atoms with Gasteiger partial charge >= 0.3 is 0 Å². The quantitative estimate of drug-likeness (QED) is 0.633. The number of nitrogens with zero attached hydrogens (tertiary/aromatic N) is 4. The Labute approximate surface area is 168 Å². The van der Waals surface area contributed by atoms with Crippen LogP contribution in [0.5, 0.6) is 0 Å². The molecule has 4 nitrogen and oxygen atoms in total. The smallest absolute Gasteiger partial charge is 0.193 e. The van der Waals surface area contributed by atoms with E-state index in [1.165, 1.54) is 16.7 Å². The van der Waals surface area contributed by atoms with Crippen molar-refractivity contribution in [1.82, 2.24) is 19.7 Å². The van der Waals surface area contributed by atoms with Crippen molar-refractivity contribution in [2.75, 3.05) is 5.88 Å². The molecule has 0 N–H and O–H groups in total. The van der Waals surface area contributed by atoms with E-state index in [-0.39, 0.29) is 16.4 Å². The molecule has 0 atom stereocenters. The Morgan fingerprint density at radius 2 is 1.37 bits per heavy atom. The molecule has 0 bridgehead atoms. The highest BCUT2D eigenvalue weighted by Crippen LogP contribution is 2.36. The van der Waals surface area contributed by atoms with Crippen molar-refractivity contribution in [3.05, 3.63) is 29.3 Å². The van der Waals surface area contributed by atoms with Crippen molar-refractivity contribution in [2.24, 2.45) is 0 Å². The van der Waals surface area contributed by atoms with Crippen LogP contribution in [-0.4, -0.2) is 31.1 Å². The SMILES string of the molecule is CC(C)(C)c1cc(-c2nnc3n2CN(C(C)(C)C)CS3)cc(C(C)(C)C)c1. The second-order valence-electron chi connectivity index (χ2n) is 10.7. The topological polar surface area (TPSA) is 34.0 Å². The first kappa shape index (κ1) is 20.4. The molecular weight excluding hydrogens is 352 g/mol. The zero-order valence-corrected chi connectivity index (χ0v) is 19.2. The summed E-state index contributed by atoms with van der Waals surface area (Å²) in [5, 5.41) is 10.1. The Bertz CT molecular complexity index is 799. The van der Waals surface area contributed by atoms with Crippen LogP contribution in [0.4, 0.5) is 0 Å². The molecule has 3 rings (SSSR count). The Morgan fingerprint density at radius 3 is 1.85 bits per heavy atom. The molecule has 0 saturated heterocycles. The van der Waals surface area contributed by atoms with E-state index in [1.54, 1.807) is 11.8 Å². The molecule has 0 radical (unpaired) electrons. The first-order valence-corrected chi connectivity index (χ1v) is 10.7. The van der Waals surface area contributed by atoms with E-state index in [1.807, 2.05) is 0 Å². The lowest BCUT2D eigenvalue weighted by Gasteiger charge is -2.38. The van der Waals surface area contributed by atoms with Crippen molar-refractivity contribution in [1.29, 1.82) is 0 Å². The highest BCUT2D eigenvalue weighted by molar-refractivity contribution is 7.99. The Balaban J connectivity index is 2.12. The second-order valence-corrected chi connectivity index (χ2v) is 11.6. The van der Waals surface area contributed by atoms with Gasteiger partial charge in [0.1, 0.15) is 0 Å². The van der Waals surface area contributed by atoms with Crippen LogP contribution in [0.2, 0.25) is 0 Å². The Kier molecular flexibility index (Phi) is 5.01. The molecule has 27 heavy (non-hydrogen) atoms. The van der Waals surface area contributed by atoms with E-state index in [0.29, 0.717) is 0 Å². The maximum Gasteiger partial charge on any atom is 0.193 e. The van der Waals surface area contributed by atoms with Gasteiger partial charge in [0.15, 0.2) is 11.0 Å². The van der Waals surface area contributed by atoms with Crippen LogP contribution in [0.15, 0.2) is 23.4 Å². The third kappa shape index (κ3) is 4.24. The van der Waals surface area contributed by atoms with Crippen LogP contribution in [0.1, 0.15) is 73.4 Å². The Hall–Kier alpha value is -1.33. The lowest BCUT2D eigenvalue weighted by Crippen LogP contribution is -2.44. The van der Waals surface area contributed by atoms with E-state index in [0.717, 1.165) is 23.5 Å². The summed E-state index contributed by atoms with van der Waals surface area (Å²) >= 11 is 1.77. The minimum absolute atomic E-state index is 0.0902. The van der Waals surface area contributed by atoms with E-state index in [9.17, 15) is 0 Å². The summed E-state index contributed by atoms with van der Waals surface area (Å²) in [6.07, 6.45) is 0. The number of rotatable bonds is 1. The standard InChI is InChI=1S/C22H34N4S/c1-20(2,3)16-10-15(11-17(12-16)21(4,5)6)18-23-24-19-26(18)13-25(14-27-19)22(7,8)9/h10-12H,13-14H2,1-9H3. The summed E-state index contributed by atoms with van der Waals surface area (Å²) in [7, 11) is 0. The van der Waals surface area contributed by atoms with Gasteiger partial charge in [0, 0.05) is 11.1 Å². The maximum absolute atomic E-state index is 4.60. The molecular formula is C22H34N4S. The minimum Gasteiger partial charge on any atom is -0.288 e. The molecule has 2 aromatic rings. The largest absolute Gasteiger partial charge is 0.288 e. The van der Waals surface area contributed by atoms with Gasteiger partial charge in [-0.3, -0.25) is 9.47 Å². The Morgan fingerprint density at radius 1 is 0.815 bits per heavy atom. The van der Waals surface area contributed by atoms with Crippen molar-refractivity contribution in [3.8, 4) is 11.4 Å². The van der Waals surface area contributed by atoms with Crippen LogP contribution in [0.3, 0.4) is 0 Å². The fourth-order valence-corrected chi connectivity index (χ4v) is 4.25. The molecule has 148 valence electrons. The summed E-state index contributed by atoms with van der Waals surface area (Å²) < 4.78 is 2.27. The molecule has 1 aliphatic rings. The number of thioether (sulfide) groups is 1. The number of hydrogen-bond acceptors (Lipinski definition) is 4. The van der Waals surface area contributed by atoms with Crippen LogP contribution < -0.4 is 0 Å². The maximum atomic E-state index is 4.60. The molecule has 5 heteroatoms. The highest BCUT2D eigenvalue weighted by atomic mass is 32.2. The molecule has 0 unspecified atom stereocenters. The molecule has 0 fully saturated rings. The van der Waals surface area contributed by atoms with Crippen LogP contribution in [0.25, 0.3) is 11.4 Å². The van der Waals surface area contributed by atoms with Crippen molar-refractivity contribution in [2.45, 2.75) is 90.5 Å². The third-order valence-electron chi connectivity index (χ3n) is 5.25. The van der Waals surface area contributed by atoms with Crippen LogP contribution in [0, 0.1) is 0 Å². The van der Waals surface area contributed by atoms with Crippen molar-refractivity contribution in [3.63, 3.8) is 0 Å². The van der Waals surface area contributed by atoms with E-state index in [2.05, 4.69) is 100 Å². The van der Waals surface area contributed by atoms with Gasteiger partial charge in [0.05, 0.1) is 12.5 Å². The number of fused-ring (bicyclic) bond motifs is 1. The van der Waals surface area contributed by atoms with Gasteiger partial charge < -0.3 is 0 Å². The molecule has 0 saturated carbocycles. The molecule has 0 aliphatic carbocycles. The number of benzene rings is 1. The molecule has 1 aromatic heterocycles. The summed E-state index contributed by atoms with van der Waals surface area (Å²) in [6.45, 7) is 21.3. The van der Waals surface area contributed by atoms with Gasteiger partial charge in [0.2, 0.25) is 0 Å². The number of aromatic nitrogens is 3. The fraction of sp³-hybridized carbons (Fsp3) is 0.636. The molecule has 1 aliphatic heterocycles. The van der Waals surface area contributed by atoms with Gasteiger partial charge in [-0.1, -0.05) is 59.4 Å². The predicted molar refractivity (Wildman–Crippen MR) is 115 cm³/mol. The first-order valence-electron chi connectivity index (χ1n) is 9.74. The molecule has 0 spiro atoms. The summed E-state index contributed by atoms with van der Waals surface area (Å²) in [4.78, 5) is 2.47. The zero-order valence-electron chi connectivity index (χ0n) is 18.3. The summed E-state index contributed by atoms with van der Waals surface area (Å²) in [6, 6.07) is 6.95. The van der Waals surface area contributed by atoms with Gasteiger partial charge in [0.25, 0.3) is 0 Å². The van der Waals surface area contributed by atoms with E-state index < -0.39 is 0 Å². The van der Waals surface area contributed by atoms with Crippen molar-refractivity contribution < 1.29 is 0 Å². The molecule has 0 amide bonds. The van der Waals surface area contributed by atoms with Gasteiger partial charge in [-0.05, 0) is 54.9 Å².